The van der Waals surface area contributed by atoms with Gasteiger partial charge in [-0.2, -0.15) is 0 Å². The molecule has 1 saturated heterocycles. The van der Waals surface area contributed by atoms with Gasteiger partial charge in [-0.05, 0) is 24.1 Å². The molecule has 28 heavy (non-hydrogen) atoms. The summed E-state index contributed by atoms with van der Waals surface area (Å²) in [5.74, 6) is 3.00. The lowest BCUT2D eigenvalue weighted by atomic mass is 9.96. The van der Waals surface area contributed by atoms with Crippen LogP contribution in [0.1, 0.15) is 31.7 Å². The van der Waals surface area contributed by atoms with Crippen molar-refractivity contribution in [1.29, 1.82) is 0 Å². The van der Waals surface area contributed by atoms with E-state index in [-0.39, 0.29) is 0 Å². The fourth-order valence-electron chi connectivity index (χ4n) is 2.88. The van der Waals surface area contributed by atoms with Gasteiger partial charge in [-0.15, -0.1) is 12.3 Å². The first-order valence-corrected chi connectivity index (χ1v) is 9.61. The van der Waals surface area contributed by atoms with Crippen LogP contribution in [0.5, 0.6) is 5.75 Å². The van der Waals surface area contributed by atoms with Crippen LogP contribution >= 0.6 is 0 Å². The van der Waals surface area contributed by atoms with Gasteiger partial charge >= 0.3 is 0 Å². The van der Waals surface area contributed by atoms with Crippen molar-refractivity contribution in [2.24, 2.45) is 0 Å². The average molecular weight is 394 g/mol. The number of hydrogen-bond acceptors (Lipinski definition) is 7. The van der Waals surface area contributed by atoms with E-state index in [0.717, 1.165) is 12.0 Å². The van der Waals surface area contributed by atoms with Crippen LogP contribution < -0.4 is 4.74 Å². The van der Waals surface area contributed by atoms with Gasteiger partial charge in [0, 0.05) is 6.42 Å². The van der Waals surface area contributed by atoms with Crippen LogP contribution in [-0.4, -0.2) is 65.8 Å². The highest BCUT2D eigenvalue weighted by Crippen LogP contribution is 2.26. The summed E-state index contributed by atoms with van der Waals surface area (Å²) in [7, 11) is 0. The molecule has 0 saturated carbocycles. The van der Waals surface area contributed by atoms with Gasteiger partial charge in [0.2, 0.25) is 6.29 Å². The molecule has 1 aromatic carbocycles. The molecule has 0 bridgehead atoms. The molecule has 0 aromatic heterocycles. The third kappa shape index (κ3) is 6.74. The highest BCUT2D eigenvalue weighted by Gasteiger charge is 2.44. The molecule has 0 amide bonds. The van der Waals surface area contributed by atoms with E-state index in [1.165, 1.54) is 0 Å². The Morgan fingerprint density at radius 2 is 1.71 bits per heavy atom. The SMILES string of the molecule is C#CCCOCCOCc1ccc(O[C@H]2O[C@H](CCC)[C@@H](O)[C@H](O)[C@@H]2O)cc1. The van der Waals surface area contributed by atoms with Crippen LogP contribution in [0.15, 0.2) is 24.3 Å². The lowest BCUT2D eigenvalue weighted by molar-refractivity contribution is -0.273. The van der Waals surface area contributed by atoms with Gasteiger partial charge in [0.25, 0.3) is 0 Å². The highest BCUT2D eigenvalue weighted by atomic mass is 16.7. The second-order valence-electron chi connectivity index (χ2n) is 6.68. The number of terminal acetylenes is 1. The highest BCUT2D eigenvalue weighted by molar-refractivity contribution is 5.27. The standard InChI is InChI=1S/C21H30O7/c1-3-5-11-25-12-13-26-14-15-7-9-16(10-8-15)27-21-20(24)19(23)18(22)17(28-21)6-4-2/h1,7-10,17-24H,4-6,11-14H2,2H3/t17-,18-,19+,20+,21+/m1/s1. The van der Waals surface area contributed by atoms with Crippen molar-refractivity contribution in [2.45, 2.75) is 63.5 Å². The maximum Gasteiger partial charge on any atom is 0.229 e. The summed E-state index contributed by atoms with van der Waals surface area (Å²) in [5, 5.41) is 30.2. The predicted octanol–water partition coefficient (Wildman–Crippen LogP) is 1.23. The molecule has 5 atom stereocenters. The maximum absolute atomic E-state index is 10.1. The molecule has 0 radical (unpaired) electrons. The first-order chi connectivity index (χ1) is 13.6. The van der Waals surface area contributed by atoms with E-state index < -0.39 is 30.7 Å². The molecule has 0 spiro atoms. The van der Waals surface area contributed by atoms with Gasteiger partial charge in [0.15, 0.2) is 0 Å². The minimum absolute atomic E-state index is 0.435. The number of aliphatic hydroxyl groups excluding tert-OH is 3. The molecule has 1 heterocycles. The lowest BCUT2D eigenvalue weighted by Crippen LogP contribution is -2.59. The Morgan fingerprint density at radius 3 is 2.39 bits per heavy atom. The van der Waals surface area contributed by atoms with Gasteiger partial charge in [-0.1, -0.05) is 25.5 Å². The molecule has 156 valence electrons. The van der Waals surface area contributed by atoms with Crippen molar-refractivity contribution < 1.29 is 34.3 Å². The van der Waals surface area contributed by atoms with Gasteiger partial charge in [-0.25, -0.2) is 0 Å². The smallest absolute Gasteiger partial charge is 0.229 e. The molecule has 0 unspecified atom stereocenters. The summed E-state index contributed by atoms with van der Waals surface area (Å²) in [6, 6.07) is 7.17. The van der Waals surface area contributed by atoms with Crippen LogP contribution in [0.25, 0.3) is 0 Å². The molecular formula is C21H30O7. The first kappa shape index (κ1) is 22.6. The number of benzene rings is 1. The van der Waals surface area contributed by atoms with Gasteiger partial charge in [0.05, 0.1) is 32.5 Å². The van der Waals surface area contributed by atoms with E-state index >= 15 is 0 Å². The summed E-state index contributed by atoms with van der Waals surface area (Å²) in [6.07, 6.45) is 1.67. The van der Waals surface area contributed by atoms with Crippen LogP contribution in [0, 0.1) is 12.3 Å². The topological polar surface area (TPSA) is 97.6 Å². The quantitative estimate of drug-likeness (QED) is 0.384. The first-order valence-electron chi connectivity index (χ1n) is 9.61. The van der Waals surface area contributed by atoms with E-state index in [4.69, 9.17) is 25.4 Å². The Hall–Kier alpha value is -1.66. The number of rotatable bonds is 11. The van der Waals surface area contributed by atoms with E-state index in [9.17, 15) is 15.3 Å². The van der Waals surface area contributed by atoms with Crippen LogP contribution in [-0.2, 0) is 20.8 Å². The third-order valence-corrected chi connectivity index (χ3v) is 4.45. The van der Waals surface area contributed by atoms with Crippen molar-refractivity contribution >= 4 is 0 Å². The van der Waals surface area contributed by atoms with Crippen LogP contribution in [0.4, 0.5) is 0 Å². The van der Waals surface area contributed by atoms with Crippen LogP contribution in [0.3, 0.4) is 0 Å². The van der Waals surface area contributed by atoms with E-state index in [1.807, 2.05) is 19.1 Å². The normalized spacial score (nSPS) is 27.3. The Bertz CT molecular complexity index is 598. The zero-order chi connectivity index (χ0) is 20.4. The van der Waals surface area contributed by atoms with Crippen molar-refractivity contribution in [2.75, 3.05) is 19.8 Å². The Labute approximate surface area is 166 Å². The average Bonchev–Trinajstić information content (AvgIpc) is 2.70. The third-order valence-electron chi connectivity index (χ3n) is 4.45. The monoisotopic (exact) mass is 394 g/mol. The van der Waals surface area contributed by atoms with Crippen molar-refractivity contribution in [1.82, 2.24) is 0 Å². The predicted molar refractivity (Wildman–Crippen MR) is 103 cm³/mol. The van der Waals surface area contributed by atoms with E-state index in [1.54, 1.807) is 12.1 Å². The van der Waals surface area contributed by atoms with Crippen molar-refractivity contribution in [3.63, 3.8) is 0 Å². The molecular weight excluding hydrogens is 364 g/mol. The Balaban J connectivity index is 1.79. The minimum atomic E-state index is -1.33. The summed E-state index contributed by atoms with van der Waals surface area (Å²) < 4.78 is 22.2. The molecule has 3 N–H and O–H groups in total. The molecule has 7 nitrogen and oxygen atoms in total. The van der Waals surface area contributed by atoms with Crippen molar-refractivity contribution in [3.8, 4) is 18.1 Å². The fourth-order valence-corrected chi connectivity index (χ4v) is 2.88. The summed E-state index contributed by atoms with van der Waals surface area (Å²) in [4.78, 5) is 0. The zero-order valence-electron chi connectivity index (χ0n) is 16.2. The molecule has 0 aliphatic carbocycles. The fraction of sp³-hybridized carbons (Fsp3) is 0.619. The summed E-state index contributed by atoms with van der Waals surface area (Å²) >= 11 is 0. The van der Waals surface area contributed by atoms with Gasteiger partial charge in [0.1, 0.15) is 24.1 Å². The summed E-state index contributed by atoms with van der Waals surface area (Å²) in [5.41, 5.74) is 0.959. The molecule has 1 fully saturated rings. The van der Waals surface area contributed by atoms with E-state index in [2.05, 4.69) is 5.92 Å². The molecule has 1 aromatic rings. The summed E-state index contributed by atoms with van der Waals surface area (Å²) in [6.45, 7) is 3.89. The Kier molecular flexibility index (Phi) is 9.71. The molecule has 2 rings (SSSR count). The largest absolute Gasteiger partial charge is 0.462 e. The molecule has 7 heteroatoms. The molecule has 1 aliphatic heterocycles. The second kappa shape index (κ2) is 12.0. The number of ether oxygens (including phenoxy) is 4. The zero-order valence-corrected chi connectivity index (χ0v) is 16.2. The second-order valence-corrected chi connectivity index (χ2v) is 6.68. The lowest BCUT2D eigenvalue weighted by Gasteiger charge is -2.40. The Morgan fingerprint density at radius 1 is 1.00 bits per heavy atom. The van der Waals surface area contributed by atoms with Crippen molar-refractivity contribution in [3.05, 3.63) is 29.8 Å². The number of aliphatic hydroxyl groups is 3. The maximum atomic E-state index is 10.1. The van der Waals surface area contributed by atoms with Crippen LogP contribution in [0.2, 0.25) is 0 Å². The van der Waals surface area contributed by atoms with Gasteiger partial charge < -0.3 is 34.3 Å². The van der Waals surface area contributed by atoms with Gasteiger partial charge in [-0.3, -0.25) is 0 Å². The molecule has 1 aliphatic rings. The van der Waals surface area contributed by atoms with E-state index in [0.29, 0.717) is 45.0 Å². The number of hydrogen-bond donors (Lipinski definition) is 3. The minimum Gasteiger partial charge on any atom is -0.462 e.